The van der Waals surface area contributed by atoms with Gasteiger partial charge in [0.1, 0.15) is 11.6 Å². The molecule has 2 heterocycles. The zero-order valence-corrected chi connectivity index (χ0v) is 14.9. The highest BCUT2D eigenvalue weighted by Crippen LogP contribution is 2.21. The van der Waals surface area contributed by atoms with Gasteiger partial charge in [-0.2, -0.15) is 15.0 Å². The Morgan fingerprint density at radius 3 is 2.56 bits per heavy atom. The molecule has 0 aliphatic rings. The summed E-state index contributed by atoms with van der Waals surface area (Å²) in [5, 5.41) is 21.3. The van der Waals surface area contributed by atoms with Crippen LogP contribution in [0.5, 0.6) is 0 Å². The number of hydrogen-bond donors (Lipinski definition) is 2. The number of para-hydroxylation sites is 2. The van der Waals surface area contributed by atoms with Crippen molar-refractivity contribution < 1.29 is 0 Å². The summed E-state index contributed by atoms with van der Waals surface area (Å²) in [6, 6.07) is 23.3. The van der Waals surface area contributed by atoms with Gasteiger partial charge in [0.25, 0.3) is 0 Å². The summed E-state index contributed by atoms with van der Waals surface area (Å²) < 4.78 is 1.57. The second-order valence-corrected chi connectivity index (χ2v) is 6.15. The van der Waals surface area contributed by atoms with E-state index < -0.39 is 0 Å². The molecule has 6 nitrogen and oxygen atoms in total. The van der Waals surface area contributed by atoms with Crippen LogP contribution in [0.2, 0.25) is 0 Å². The van der Waals surface area contributed by atoms with Gasteiger partial charge in [-0.1, -0.05) is 36.4 Å². The Bertz CT molecular complexity index is 1160. The van der Waals surface area contributed by atoms with Gasteiger partial charge in [-0.15, -0.1) is 0 Å². The SMILES string of the molecule is N#Cc1cnn(-c2ccc3ccccc3n2)c1NC(=S)Nc1ccccc1. The highest BCUT2D eigenvalue weighted by molar-refractivity contribution is 7.80. The molecule has 0 aliphatic heterocycles. The van der Waals surface area contributed by atoms with Crippen LogP contribution in [0.15, 0.2) is 72.9 Å². The van der Waals surface area contributed by atoms with E-state index in [1.54, 1.807) is 4.68 Å². The Labute approximate surface area is 161 Å². The number of aromatic nitrogens is 3. The van der Waals surface area contributed by atoms with Gasteiger partial charge in [0, 0.05) is 11.1 Å². The van der Waals surface area contributed by atoms with Gasteiger partial charge in [-0.05, 0) is 42.5 Å². The van der Waals surface area contributed by atoms with E-state index in [1.165, 1.54) is 6.20 Å². The Hall–Kier alpha value is -3.76. The summed E-state index contributed by atoms with van der Waals surface area (Å²) in [6.45, 7) is 0. The smallest absolute Gasteiger partial charge is 0.176 e. The number of nitrogens with one attached hydrogen (secondary N) is 2. The van der Waals surface area contributed by atoms with Crippen LogP contribution in [0.1, 0.15) is 5.56 Å². The van der Waals surface area contributed by atoms with Crippen LogP contribution in [-0.2, 0) is 0 Å². The molecule has 0 saturated heterocycles. The predicted molar refractivity (Wildman–Crippen MR) is 110 cm³/mol. The summed E-state index contributed by atoms with van der Waals surface area (Å²) in [4.78, 5) is 4.63. The molecule has 4 aromatic rings. The minimum absolute atomic E-state index is 0.361. The van der Waals surface area contributed by atoms with Crippen molar-refractivity contribution >= 4 is 39.7 Å². The van der Waals surface area contributed by atoms with Crippen molar-refractivity contribution in [2.45, 2.75) is 0 Å². The number of thiocarbonyl (C=S) groups is 1. The zero-order chi connectivity index (χ0) is 18.6. The molecule has 0 fully saturated rings. The van der Waals surface area contributed by atoms with Crippen molar-refractivity contribution in [1.82, 2.24) is 14.8 Å². The predicted octanol–water partition coefficient (Wildman–Crippen LogP) is 4.10. The van der Waals surface area contributed by atoms with Crippen LogP contribution < -0.4 is 10.6 Å². The molecule has 0 aliphatic carbocycles. The molecule has 0 atom stereocenters. The van der Waals surface area contributed by atoms with Crippen molar-refractivity contribution in [2.24, 2.45) is 0 Å². The normalized spacial score (nSPS) is 10.3. The summed E-state index contributed by atoms with van der Waals surface area (Å²) in [6.07, 6.45) is 1.49. The van der Waals surface area contributed by atoms with Crippen LogP contribution >= 0.6 is 12.2 Å². The monoisotopic (exact) mass is 370 g/mol. The van der Waals surface area contributed by atoms with Crippen LogP contribution in [0, 0.1) is 11.3 Å². The van der Waals surface area contributed by atoms with Crippen molar-refractivity contribution in [2.75, 3.05) is 10.6 Å². The first-order chi connectivity index (χ1) is 13.2. The maximum Gasteiger partial charge on any atom is 0.176 e. The van der Waals surface area contributed by atoms with Gasteiger partial charge in [0.05, 0.1) is 11.7 Å². The van der Waals surface area contributed by atoms with E-state index in [0.29, 0.717) is 22.3 Å². The average Bonchev–Trinajstić information content (AvgIpc) is 3.10. The second kappa shape index (κ2) is 7.23. The van der Waals surface area contributed by atoms with E-state index in [1.807, 2.05) is 66.7 Å². The third-order valence-corrected chi connectivity index (χ3v) is 4.16. The fourth-order valence-electron chi connectivity index (χ4n) is 2.69. The van der Waals surface area contributed by atoms with Crippen LogP contribution in [0.3, 0.4) is 0 Å². The van der Waals surface area contributed by atoms with E-state index in [4.69, 9.17) is 12.2 Å². The van der Waals surface area contributed by atoms with Crippen LogP contribution in [0.4, 0.5) is 11.5 Å². The quantitative estimate of drug-likeness (QED) is 0.529. The van der Waals surface area contributed by atoms with Gasteiger partial charge in [0.15, 0.2) is 16.7 Å². The number of fused-ring (bicyclic) bond motifs is 1. The Morgan fingerprint density at radius 1 is 0.963 bits per heavy atom. The number of nitrogens with zero attached hydrogens (tertiary/aromatic N) is 4. The molecule has 0 amide bonds. The highest BCUT2D eigenvalue weighted by Gasteiger charge is 2.15. The summed E-state index contributed by atoms with van der Waals surface area (Å²) in [7, 11) is 0. The maximum absolute atomic E-state index is 9.43. The third-order valence-electron chi connectivity index (χ3n) is 3.95. The molecule has 0 bridgehead atoms. The van der Waals surface area contributed by atoms with Crippen LogP contribution in [0.25, 0.3) is 16.7 Å². The molecule has 4 rings (SSSR count). The molecule has 7 heteroatoms. The lowest BCUT2D eigenvalue weighted by molar-refractivity contribution is 0.861. The number of benzene rings is 2. The Morgan fingerprint density at radius 2 is 1.74 bits per heavy atom. The van der Waals surface area contributed by atoms with Crippen molar-refractivity contribution in [1.29, 1.82) is 5.26 Å². The Kier molecular flexibility index (Phi) is 4.47. The molecule has 0 unspecified atom stereocenters. The van der Waals surface area contributed by atoms with Crippen LogP contribution in [-0.4, -0.2) is 19.9 Å². The minimum Gasteiger partial charge on any atom is -0.332 e. The Balaban J connectivity index is 1.67. The van der Waals surface area contributed by atoms with Gasteiger partial charge in [0.2, 0.25) is 0 Å². The van der Waals surface area contributed by atoms with Crippen molar-refractivity contribution in [3.8, 4) is 11.9 Å². The summed E-state index contributed by atoms with van der Waals surface area (Å²) in [5.41, 5.74) is 2.07. The van der Waals surface area contributed by atoms with Gasteiger partial charge in [-0.25, -0.2) is 4.98 Å². The average molecular weight is 370 g/mol. The molecular weight excluding hydrogens is 356 g/mol. The lowest BCUT2D eigenvalue weighted by Crippen LogP contribution is -2.21. The number of pyridine rings is 1. The molecular formula is C20H14N6S. The van der Waals surface area contributed by atoms with E-state index in [-0.39, 0.29) is 0 Å². The fourth-order valence-corrected chi connectivity index (χ4v) is 2.90. The topological polar surface area (TPSA) is 78.6 Å². The molecule has 2 N–H and O–H groups in total. The van der Waals surface area contributed by atoms with Gasteiger partial charge in [-0.3, -0.25) is 0 Å². The van der Waals surface area contributed by atoms with E-state index in [9.17, 15) is 5.26 Å². The molecule has 0 saturated carbocycles. The zero-order valence-electron chi connectivity index (χ0n) is 14.1. The standard InChI is InChI=1S/C20H14N6S/c21-12-15-13-22-26(18-11-10-14-6-4-5-9-17(14)24-18)19(15)25-20(27)23-16-7-2-1-3-8-16/h1-11,13H,(H2,23,25,27). The third kappa shape index (κ3) is 3.47. The molecule has 130 valence electrons. The number of rotatable bonds is 3. The lowest BCUT2D eigenvalue weighted by Gasteiger charge is -2.12. The maximum atomic E-state index is 9.43. The van der Waals surface area contributed by atoms with E-state index in [0.717, 1.165) is 16.6 Å². The number of hydrogen-bond acceptors (Lipinski definition) is 4. The molecule has 0 spiro atoms. The van der Waals surface area contributed by atoms with Crippen molar-refractivity contribution in [3.05, 3.63) is 78.5 Å². The molecule has 2 aromatic heterocycles. The van der Waals surface area contributed by atoms with Crippen molar-refractivity contribution in [3.63, 3.8) is 0 Å². The first kappa shape index (κ1) is 16.7. The first-order valence-corrected chi connectivity index (χ1v) is 8.63. The van der Waals surface area contributed by atoms with Gasteiger partial charge < -0.3 is 10.6 Å². The van der Waals surface area contributed by atoms with Gasteiger partial charge >= 0.3 is 0 Å². The van der Waals surface area contributed by atoms with E-state index >= 15 is 0 Å². The van der Waals surface area contributed by atoms with E-state index in [2.05, 4.69) is 26.8 Å². The highest BCUT2D eigenvalue weighted by atomic mass is 32.1. The second-order valence-electron chi connectivity index (χ2n) is 5.74. The largest absolute Gasteiger partial charge is 0.332 e. The molecule has 2 aromatic carbocycles. The summed E-state index contributed by atoms with van der Waals surface area (Å²) in [5.74, 6) is 1.06. The first-order valence-electron chi connectivity index (χ1n) is 8.22. The number of nitriles is 1. The number of anilines is 2. The molecule has 0 radical (unpaired) electrons. The lowest BCUT2D eigenvalue weighted by atomic mass is 10.2. The molecule has 27 heavy (non-hydrogen) atoms. The minimum atomic E-state index is 0.361. The summed E-state index contributed by atoms with van der Waals surface area (Å²) >= 11 is 5.38. The fraction of sp³-hybridized carbons (Fsp3) is 0.